The summed E-state index contributed by atoms with van der Waals surface area (Å²) < 4.78 is 27.3. The van der Waals surface area contributed by atoms with Crippen LogP contribution in [0.15, 0.2) is 6.07 Å². The Morgan fingerprint density at radius 3 is 2.11 bits per heavy atom. The molecule has 2 rings (SSSR count). The van der Waals surface area contributed by atoms with Crippen molar-refractivity contribution in [3.8, 4) is 0 Å². The summed E-state index contributed by atoms with van der Waals surface area (Å²) in [7, 11) is 0. The van der Waals surface area contributed by atoms with Gasteiger partial charge in [0.2, 0.25) is 0 Å². The molecule has 3 nitrogen and oxygen atoms in total. The van der Waals surface area contributed by atoms with E-state index in [1.54, 1.807) is 0 Å². The number of rotatable bonds is 4. The average molecular weight is 269 g/mol. The van der Waals surface area contributed by atoms with E-state index in [1.165, 1.54) is 0 Å². The fourth-order valence-corrected chi connectivity index (χ4v) is 2.55. The fourth-order valence-electron chi connectivity index (χ4n) is 2.55. The first-order valence-corrected chi connectivity index (χ1v) is 6.58. The standard InChI is InChI=1S/C14H21F2N3/c1-6-17-10-8(15)7-9(16)11(18-10)19-12-13(2,3)14(12,4)5/h7,12H,6H2,1-5H3,(H2,17,18,19). The minimum atomic E-state index is -0.667. The summed E-state index contributed by atoms with van der Waals surface area (Å²) in [4.78, 5) is 4.00. The zero-order valence-electron chi connectivity index (χ0n) is 12.1. The van der Waals surface area contributed by atoms with Crippen LogP contribution in [0.1, 0.15) is 34.6 Å². The molecule has 0 aromatic carbocycles. The monoisotopic (exact) mass is 269 g/mol. The second-order valence-corrected chi connectivity index (χ2v) is 6.20. The normalized spacial score (nSPS) is 20.2. The molecular formula is C14H21F2N3. The largest absolute Gasteiger partial charge is 0.368 e. The third kappa shape index (κ3) is 2.15. The van der Waals surface area contributed by atoms with E-state index in [2.05, 4.69) is 43.3 Å². The third-order valence-corrected chi connectivity index (χ3v) is 4.58. The lowest BCUT2D eigenvalue weighted by molar-refractivity contribution is 0.457. The van der Waals surface area contributed by atoms with Gasteiger partial charge in [0.05, 0.1) is 0 Å². The minimum Gasteiger partial charge on any atom is -0.368 e. The molecular weight excluding hydrogens is 248 g/mol. The maximum Gasteiger partial charge on any atom is 0.168 e. The summed E-state index contributed by atoms with van der Waals surface area (Å²) in [6.45, 7) is 10.9. The Bertz CT molecular complexity index is 484. The van der Waals surface area contributed by atoms with Crippen LogP contribution >= 0.6 is 0 Å². The predicted molar refractivity (Wildman–Crippen MR) is 73.3 cm³/mol. The van der Waals surface area contributed by atoms with Crippen molar-refractivity contribution < 1.29 is 8.78 Å². The number of aromatic nitrogens is 1. The first-order valence-electron chi connectivity index (χ1n) is 6.58. The molecule has 1 fully saturated rings. The Morgan fingerprint density at radius 2 is 1.63 bits per heavy atom. The number of nitrogens with one attached hydrogen (secondary N) is 2. The van der Waals surface area contributed by atoms with E-state index < -0.39 is 11.6 Å². The molecule has 5 heteroatoms. The van der Waals surface area contributed by atoms with Crippen molar-refractivity contribution in [1.29, 1.82) is 0 Å². The topological polar surface area (TPSA) is 37.0 Å². The van der Waals surface area contributed by atoms with E-state index in [1.807, 2.05) is 6.92 Å². The van der Waals surface area contributed by atoms with E-state index >= 15 is 0 Å². The van der Waals surface area contributed by atoms with Gasteiger partial charge in [0.15, 0.2) is 23.3 Å². The quantitative estimate of drug-likeness (QED) is 0.876. The van der Waals surface area contributed by atoms with Crippen LogP contribution in [0.3, 0.4) is 0 Å². The second kappa shape index (κ2) is 4.32. The van der Waals surface area contributed by atoms with E-state index in [9.17, 15) is 8.78 Å². The van der Waals surface area contributed by atoms with E-state index in [0.29, 0.717) is 6.54 Å². The third-order valence-electron chi connectivity index (χ3n) is 4.58. The van der Waals surface area contributed by atoms with Gasteiger partial charge >= 0.3 is 0 Å². The molecule has 1 aromatic heterocycles. The van der Waals surface area contributed by atoms with Crippen molar-refractivity contribution in [3.05, 3.63) is 17.7 Å². The summed E-state index contributed by atoms with van der Waals surface area (Å²) in [5, 5.41) is 5.88. The van der Waals surface area contributed by atoms with Crippen molar-refractivity contribution in [2.45, 2.75) is 40.7 Å². The highest BCUT2D eigenvalue weighted by Crippen LogP contribution is 2.63. The summed E-state index contributed by atoms with van der Waals surface area (Å²) >= 11 is 0. The molecule has 1 saturated carbocycles. The van der Waals surface area contributed by atoms with Crippen LogP contribution in [-0.4, -0.2) is 17.6 Å². The predicted octanol–water partition coefficient (Wildman–Crippen LogP) is 3.64. The van der Waals surface area contributed by atoms with Gasteiger partial charge in [0, 0.05) is 18.7 Å². The summed E-state index contributed by atoms with van der Waals surface area (Å²) in [6, 6.07) is 0.998. The summed E-state index contributed by atoms with van der Waals surface area (Å²) in [5.74, 6) is -1.12. The Hall–Kier alpha value is -1.39. The number of nitrogens with zero attached hydrogens (tertiary/aromatic N) is 1. The van der Waals surface area contributed by atoms with Gasteiger partial charge < -0.3 is 10.6 Å². The Morgan fingerprint density at radius 1 is 1.11 bits per heavy atom. The molecule has 106 valence electrons. The van der Waals surface area contributed by atoms with Crippen LogP contribution in [0.5, 0.6) is 0 Å². The van der Waals surface area contributed by atoms with Crippen LogP contribution < -0.4 is 10.6 Å². The van der Waals surface area contributed by atoms with E-state index in [0.717, 1.165) is 6.07 Å². The Labute approximate surface area is 112 Å². The number of halogens is 2. The Balaban J connectivity index is 2.24. The van der Waals surface area contributed by atoms with Gasteiger partial charge in [-0.05, 0) is 17.8 Å². The van der Waals surface area contributed by atoms with Crippen LogP contribution in [0.2, 0.25) is 0 Å². The molecule has 1 aromatic rings. The molecule has 1 aliphatic carbocycles. The highest BCUT2D eigenvalue weighted by molar-refractivity contribution is 5.50. The van der Waals surface area contributed by atoms with Gasteiger partial charge in [-0.3, -0.25) is 0 Å². The summed E-state index contributed by atoms with van der Waals surface area (Å²) in [5.41, 5.74) is 0.127. The molecule has 0 unspecified atom stereocenters. The van der Waals surface area contributed by atoms with Crippen LogP contribution in [0, 0.1) is 22.5 Å². The first kappa shape index (κ1) is 14.0. The highest BCUT2D eigenvalue weighted by Gasteiger charge is 2.65. The summed E-state index contributed by atoms with van der Waals surface area (Å²) in [6.07, 6.45) is 0. The van der Waals surface area contributed by atoms with Crippen molar-refractivity contribution in [2.24, 2.45) is 10.8 Å². The maximum absolute atomic E-state index is 13.8. The molecule has 0 spiro atoms. The molecule has 1 heterocycles. The molecule has 2 N–H and O–H groups in total. The van der Waals surface area contributed by atoms with Crippen LogP contribution in [0.4, 0.5) is 20.4 Å². The van der Waals surface area contributed by atoms with Gasteiger partial charge in [-0.15, -0.1) is 0 Å². The van der Waals surface area contributed by atoms with Crippen LogP contribution in [-0.2, 0) is 0 Å². The lowest BCUT2D eigenvalue weighted by Gasteiger charge is -2.11. The van der Waals surface area contributed by atoms with Gasteiger partial charge in [-0.2, -0.15) is 0 Å². The molecule has 0 amide bonds. The first-order chi connectivity index (χ1) is 8.71. The van der Waals surface area contributed by atoms with E-state index in [-0.39, 0.29) is 28.5 Å². The van der Waals surface area contributed by atoms with Gasteiger partial charge in [-0.1, -0.05) is 27.7 Å². The Kier molecular flexibility index (Phi) is 3.19. The van der Waals surface area contributed by atoms with Crippen molar-refractivity contribution in [2.75, 3.05) is 17.2 Å². The zero-order chi connectivity index (χ0) is 14.4. The zero-order valence-corrected chi connectivity index (χ0v) is 12.1. The molecule has 1 aliphatic rings. The number of pyridine rings is 1. The minimum absolute atomic E-state index is 0.0633. The maximum atomic E-state index is 13.8. The van der Waals surface area contributed by atoms with Crippen LogP contribution in [0.25, 0.3) is 0 Å². The molecule has 19 heavy (non-hydrogen) atoms. The van der Waals surface area contributed by atoms with Gasteiger partial charge in [-0.25, -0.2) is 13.8 Å². The SMILES string of the molecule is CCNc1nc(NC2C(C)(C)C2(C)C)c(F)cc1F. The average Bonchev–Trinajstić information content (AvgIpc) is 2.67. The van der Waals surface area contributed by atoms with Crippen molar-refractivity contribution in [3.63, 3.8) is 0 Å². The molecule has 0 radical (unpaired) electrons. The molecule has 0 atom stereocenters. The van der Waals surface area contributed by atoms with Crippen molar-refractivity contribution >= 4 is 11.6 Å². The van der Waals surface area contributed by atoms with E-state index in [4.69, 9.17) is 0 Å². The molecule has 0 saturated heterocycles. The lowest BCUT2D eigenvalue weighted by Crippen LogP contribution is -2.14. The number of anilines is 2. The highest BCUT2D eigenvalue weighted by atomic mass is 19.1. The second-order valence-electron chi connectivity index (χ2n) is 6.20. The fraction of sp³-hybridized carbons (Fsp3) is 0.643. The number of hydrogen-bond donors (Lipinski definition) is 2. The van der Waals surface area contributed by atoms with Gasteiger partial charge in [0.1, 0.15) is 0 Å². The van der Waals surface area contributed by atoms with Gasteiger partial charge in [0.25, 0.3) is 0 Å². The lowest BCUT2D eigenvalue weighted by atomic mass is 10.0. The van der Waals surface area contributed by atoms with Crippen molar-refractivity contribution in [1.82, 2.24) is 4.98 Å². The molecule has 0 bridgehead atoms. The number of hydrogen-bond acceptors (Lipinski definition) is 3. The smallest absolute Gasteiger partial charge is 0.168 e. The molecule has 0 aliphatic heterocycles.